The number of nitrogens with zero attached hydrogens (tertiary/aromatic N) is 4. The summed E-state index contributed by atoms with van der Waals surface area (Å²) >= 11 is 0. The number of aromatic nitrogens is 4. The van der Waals surface area contributed by atoms with Gasteiger partial charge in [0.15, 0.2) is 5.82 Å². The number of fused-ring (bicyclic) bond motifs is 1. The first kappa shape index (κ1) is 15.8. The zero-order valence-electron chi connectivity index (χ0n) is 13.8. The number of aryl methyl sites for hydroxylation is 3. The Hall–Kier alpha value is -2.11. The molecule has 2 aromatic heterocycles. The summed E-state index contributed by atoms with van der Waals surface area (Å²) in [5, 5.41) is 7.25. The van der Waals surface area contributed by atoms with Gasteiger partial charge in [0.2, 0.25) is 5.91 Å². The van der Waals surface area contributed by atoms with E-state index < -0.39 is 0 Å². The molecule has 2 aromatic rings. The van der Waals surface area contributed by atoms with E-state index in [0.29, 0.717) is 12.2 Å². The maximum absolute atomic E-state index is 12.2. The number of imidazole rings is 1. The molecular weight excluding hydrogens is 290 g/mol. The van der Waals surface area contributed by atoms with Crippen molar-refractivity contribution in [2.75, 3.05) is 5.32 Å². The summed E-state index contributed by atoms with van der Waals surface area (Å²) in [4.78, 5) is 16.7. The van der Waals surface area contributed by atoms with Crippen molar-refractivity contribution in [1.82, 2.24) is 19.3 Å². The molecule has 6 heteroatoms. The van der Waals surface area contributed by atoms with E-state index in [1.807, 2.05) is 23.1 Å². The predicted octanol–water partition coefficient (Wildman–Crippen LogP) is 2.79. The molecule has 0 fully saturated rings. The third kappa shape index (κ3) is 4.21. The highest BCUT2D eigenvalue weighted by atomic mass is 16.1. The Balaban J connectivity index is 1.52. The van der Waals surface area contributed by atoms with Crippen molar-refractivity contribution in [2.45, 2.75) is 65.0 Å². The Bertz CT molecular complexity index is 634. The molecule has 6 nitrogen and oxygen atoms in total. The molecule has 0 unspecified atom stereocenters. The normalized spacial score (nSPS) is 13.8. The monoisotopic (exact) mass is 315 g/mol. The molecule has 0 saturated heterocycles. The van der Waals surface area contributed by atoms with Gasteiger partial charge in [-0.1, -0.05) is 19.8 Å². The van der Waals surface area contributed by atoms with Gasteiger partial charge in [-0.3, -0.25) is 9.48 Å². The van der Waals surface area contributed by atoms with Crippen molar-refractivity contribution < 1.29 is 4.79 Å². The van der Waals surface area contributed by atoms with Crippen LogP contribution in [0.1, 0.15) is 50.5 Å². The Morgan fingerprint density at radius 2 is 2.26 bits per heavy atom. The third-order valence-electron chi connectivity index (χ3n) is 4.20. The molecule has 124 valence electrons. The van der Waals surface area contributed by atoms with Crippen LogP contribution in [0, 0.1) is 0 Å². The topological polar surface area (TPSA) is 64.7 Å². The minimum absolute atomic E-state index is 0.0562. The predicted molar refractivity (Wildman–Crippen MR) is 89.3 cm³/mol. The van der Waals surface area contributed by atoms with E-state index in [0.717, 1.165) is 37.4 Å². The lowest BCUT2D eigenvalue weighted by Crippen LogP contribution is -2.15. The van der Waals surface area contributed by atoms with Crippen LogP contribution in [0.3, 0.4) is 0 Å². The molecule has 0 atom stereocenters. The van der Waals surface area contributed by atoms with Crippen molar-refractivity contribution in [3.8, 4) is 0 Å². The number of rotatable bonds is 7. The number of unbranched alkanes of at least 4 members (excludes halogenated alkanes) is 2. The van der Waals surface area contributed by atoms with Gasteiger partial charge in [0.1, 0.15) is 5.82 Å². The second-order valence-corrected chi connectivity index (χ2v) is 6.20. The van der Waals surface area contributed by atoms with Gasteiger partial charge in [0.25, 0.3) is 0 Å². The lowest BCUT2D eigenvalue weighted by atomic mass is 10.2. The van der Waals surface area contributed by atoms with Crippen LogP contribution in [0.2, 0.25) is 0 Å². The number of hydrogen-bond donors (Lipinski definition) is 1. The summed E-state index contributed by atoms with van der Waals surface area (Å²) in [6.07, 6.45) is 11.2. The van der Waals surface area contributed by atoms with Crippen LogP contribution in [-0.2, 0) is 30.7 Å². The molecule has 0 bridgehead atoms. The highest BCUT2D eigenvalue weighted by Gasteiger charge is 2.14. The molecule has 0 saturated carbocycles. The molecule has 1 N–H and O–H groups in total. The smallest absolute Gasteiger partial charge is 0.231 e. The van der Waals surface area contributed by atoms with E-state index in [4.69, 9.17) is 0 Å². The van der Waals surface area contributed by atoms with Crippen LogP contribution in [0.4, 0.5) is 5.82 Å². The van der Waals surface area contributed by atoms with Crippen molar-refractivity contribution in [1.29, 1.82) is 0 Å². The number of nitrogens with one attached hydrogen (secondary N) is 1. The molecule has 1 amide bonds. The molecule has 3 rings (SSSR count). The second-order valence-electron chi connectivity index (χ2n) is 6.20. The number of hydrogen-bond acceptors (Lipinski definition) is 3. The van der Waals surface area contributed by atoms with E-state index in [-0.39, 0.29) is 5.91 Å². The van der Waals surface area contributed by atoms with Crippen molar-refractivity contribution in [3.05, 3.63) is 30.0 Å². The van der Waals surface area contributed by atoms with Crippen molar-refractivity contribution >= 4 is 11.7 Å². The quantitative estimate of drug-likeness (QED) is 0.799. The summed E-state index contributed by atoms with van der Waals surface area (Å²) in [7, 11) is 0. The zero-order chi connectivity index (χ0) is 16.1. The number of carbonyl (C=O) groups excluding carboxylic acids is 1. The molecular formula is C17H25N5O. The van der Waals surface area contributed by atoms with Crippen molar-refractivity contribution in [2.24, 2.45) is 0 Å². The van der Waals surface area contributed by atoms with E-state index in [2.05, 4.69) is 26.9 Å². The van der Waals surface area contributed by atoms with Gasteiger partial charge < -0.3 is 9.88 Å². The maximum Gasteiger partial charge on any atom is 0.231 e. The fourth-order valence-corrected chi connectivity index (χ4v) is 2.99. The van der Waals surface area contributed by atoms with Crippen LogP contribution >= 0.6 is 0 Å². The summed E-state index contributed by atoms with van der Waals surface area (Å²) < 4.78 is 4.06. The van der Waals surface area contributed by atoms with E-state index >= 15 is 0 Å². The molecule has 0 aliphatic carbocycles. The first-order valence-electron chi connectivity index (χ1n) is 8.63. The van der Waals surface area contributed by atoms with E-state index in [1.165, 1.54) is 25.7 Å². The average molecular weight is 315 g/mol. The fourth-order valence-electron chi connectivity index (χ4n) is 2.99. The lowest BCUT2D eigenvalue weighted by molar-refractivity contribution is -0.115. The SMILES string of the molecule is CCCCCn1ccc(NC(=O)Cc2cn3c(n2)CCCC3)n1. The minimum atomic E-state index is -0.0562. The summed E-state index contributed by atoms with van der Waals surface area (Å²) in [5.74, 6) is 1.67. The first-order chi connectivity index (χ1) is 11.2. The molecule has 0 radical (unpaired) electrons. The Morgan fingerprint density at radius 3 is 3.09 bits per heavy atom. The Kier molecular flexibility index (Phi) is 5.10. The molecule has 1 aliphatic heterocycles. The Morgan fingerprint density at radius 1 is 1.35 bits per heavy atom. The zero-order valence-corrected chi connectivity index (χ0v) is 13.8. The molecule has 1 aliphatic rings. The molecule has 0 aromatic carbocycles. The third-order valence-corrected chi connectivity index (χ3v) is 4.20. The molecule has 23 heavy (non-hydrogen) atoms. The highest BCUT2D eigenvalue weighted by molar-refractivity contribution is 5.91. The highest BCUT2D eigenvalue weighted by Crippen LogP contribution is 2.15. The van der Waals surface area contributed by atoms with Crippen LogP contribution in [0.15, 0.2) is 18.5 Å². The minimum Gasteiger partial charge on any atom is -0.335 e. The van der Waals surface area contributed by atoms with Gasteiger partial charge in [-0.05, 0) is 19.3 Å². The molecule has 0 spiro atoms. The van der Waals surface area contributed by atoms with Gasteiger partial charge in [-0.2, -0.15) is 5.10 Å². The van der Waals surface area contributed by atoms with Gasteiger partial charge in [-0.15, -0.1) is 0 Å². The van der Waals surface area contributed by atoms with Crippen LogP contribution in [0.25, 0.3) is 0 Å². The number of anilines is 1. The number of amides is 1. The fraction of sp³-hybridized carbons (Fsp3) is 0.588. The average Bonchev–Trinajstić information content (AvgIpc) is 3.13. The largest absolute Gasteiger partial charge is 0.335 e. The van der Waals surface area contributed by atoms with Crippen molar-refractivity contribution in [3.63, 3.8) is 0 Å². The van der Waals surface area contributed by atoms with Gasteiger partial charge in [-0.25, -0.2) is 4.98 Å². The summed E-state index contributed by atoms with van der Waals surface area (Å²) in [5.41, 5.74) is 0.849. The summed E-state index contributed by atoms with van der Waals surface area (Å²) in [6, 6.07) is 1.85. The van der Waals surface area contributed by atoms with Gasteiger partial charge in [0, 0.05) is 38.0 Å². The lowest BCUT2D eigenvalue weighted by Gasteiger charge is -2.11. The van der Waals surface area contributed by atoms with Gasteiger partial charge in [0.05, 0.1) is 12.1 Å². The van der Waals surface area contributed by atoms with Crippen LogP contribution < -0.4 is 5.32 Å². The first-order valence-corrected chi connectivity index (χ1v) is 8.63. The van der Waals surface area contributed by atoms with Crippen LogP contribution in [0.5, 0.6) is 0 Å². The van der Waals surface area contributed by atoms with Gasteiger partial charge >= 0.3 is 0 Å². The second kappa shape index (κ2) is 7.44. The standard InChI is InChI=1S/C17H25N5O/c1-2-3-5-10-22-11-8-15(20-22)19-17(23)12-14-13-21-9-6-4-7-16(21)18-14/h8,11,13H,2-7,9-10,12H2,1H3,(H,19,20,23). The van der Waals surface area contributed by atoms with E-state index in [1.54, 1.807) is 0 Å². The Labute approximate surface area is 136 Å². The summed E-state index contributed by atoms with van der Waals surface area (Å²) in [6.45, 7) is 4.10. The van der Waals surface area contributed by atoms with Crippen LogP contribution in [-0.4, -0.2) is 25.2 Å². The molecule has 3 heterocycles. The van der Waals surface area contributed by atoms with E-state index in [9.17, 15) is 4.79 Å². The number of carbonyl (C=O) groups is 1. The maximum atomic E-state index is 12.2.